The molecule has 1 aliphatic carbocycles. The molecule has 1 N–H and O–H groups in total. The number of halogens is 2. The van der Waals surface area contributed by atoms with Crippen LogP contribution in [0, 0.1) is 0 Å². The highest BCUT2D eigenvalue weighted by Gasteiger charge is 2.31. The molecule has 0 aliphatic heterocycles. The molecule has 1 unspecified atom stereocenters. The lowest BCUT2D eigenvalue weighted by molar-refractivity contribution is -0.141. The third-order valence-corrected chi connectivity index (χ3v) is 7.85. The van der Waals surface area contributed by atoms with Crippen LogP contribution in [0.25, 0.3) is 0 Å². The zero-order valence-corrected chi connectivity index (χ0v) is 23.7. The lowest BCUT2D eigenvalue weighted by atomic mass is 9.94. The second-order valence-electron chi connectivity index (χ2n) is 10.1. The van der Waals surface area contributed by atoms with Gasteiger partial charge in [-0.2, -0.15) is 0 Å². The Labute approximate surface area is 241 Å². The maximum Gasteiger partial charge on any atom is 0.243 e. The van der Waals surface area contributed by atoms with Gasteiger partial charge in [-0.25, -0.2) is 0 Å². The van der Waals surface area contributed by atoms with Gasteiger partial charge < -0.3 is 15.0 Å². The summed E-state index contributed by atoms with van der Waals surface area (Å²) in [5, 5.41) is 4.14. The molecule has 0 radical (unpaired) electrons. The van der Waals surface area contributed by atoms with E-state index in [0.29, 0.717) is 29.5 Å². The quantitative estimate of drug-likeness (QED) is 0.235. The van der Waals surface area contributed by atoms with E-state index in [2.05, 4.69) is 5.32 Å². The molecule has 4 rings (SSSR count). The van der Waals surface area contributed by atoms with Crippen LogP contribution in [-0.2, 0) is 22.6 Å². The fourth-order valence-corrected chi connectivity index (χ4v) is 5.33. The van der Waals surface area contributed by atoms with Crippen LogP contribution >= 0.6 is 23.2 Å². The predicted molar refractivity (Wildman–Crippen MR) is 157 cm³/mol. The average molecular weight is 568 g/mol. The van der Waals surface area contributed by atoms with Crippen molar-refractivity contribution < 1.29 is 14.3 Å². The minimum absolute atomic E-state index is 0.0996. The Kier molecular flexibility index (Phi) is 11.1. The zero-order valence-electron chi connectivity index (χ0n) is 22.2. The second kappa shape index (κ2) is 14.9. The summed E-state index contributed by atoms with van der Waals surface area (Å²) in [4.78, 5) is 29.3. The Morgan fingerprint density at radius 1 is 0.872 bits per heavy atom. The second-order valence-corrected chi connectivity index (χ2v) is 10.9. The number of para-hydroxylation sites is 1. The predicted octanol–water partition coefficient (Wildman–Crippen LogP) is 7.24. The number of amides is 2. The molecule has 2 amide bonds. The van der Waals surface area contributed by atoms with Crippen molar-refractivity contribution in [2.75, 3.05) is 6.61 Å². The third kappa shape index (κ3) is 9.01. The summed E-state index contributed by atoms with van der Waals surface area (Å²) in [6.45, 7) is 0.666. The highest BCUT2D eigenvalue weighted by Crippen LogP contribution is 2.25. The highest BCUT2D eigenvalue weighted by atomic mass is 35.5. The highest BCUT2D eigenvalue weighted by molar-refractivity contribution is 6.42. The molecule has 206 valence electrons. The van der Waals surface area contributed by atoms with Crippen molar-refractivity contribution in [2.45, 2.75) is 70.0 Å². The molecule has 1 atom stereocenters. The van der Waals surface area contributed by atoms with Gasteiger partial charge >= 0.3 is 0 Å². The van der Waals surface area contributed by atoms with Crippen LogP contribution in [0.1, 0.15) is 56.1 Å². The molecule has 0 saturated heterocycles. The lowest BCUT2D eigenvalue weighted by Gasteiger charge is -2.33. The number of hydrogen-bond donors (Lipinski definition) is 1. The number of nitrogens with one attached hydrogen (secondary N) is 1. The number of ether oxygens (including phenoxy) is 1. The van der Waals surface area contributed by atoms with Crippen molar-refractivity contribution in [1.29, 1.82) is 0 Å². The number of carbonyl (C=O) groups is 2. The molecule has 5 nitrogen and oxygen atoms in total. The molecule has 3 aromatic carbocycles. The van der Waals surface area contributed by atoms with Gasteiger partial charge in [-0.15, -0.1) is 0 Å². The molecule has 1 aliphatic rings. The van der Waals surface area contributed by atoms with Crippen LogP contribution < -0.4 is 10.1 Å². The van der Waals surface area contributed by atoms with Gasteiger partial charge in [0.25, 0.3) is 0 Å². The Morgan fingerprint density at radius 3 is 2.26 bits per heavy atom. The standard InChI is InChI=1S/C32H36Cl2N2O3/c33-28-19-18-25(21-29(28)34)23-36(31(37)17-10-20-39-27-15-8-3-9-16-27)30(22-24-11-4-1-5-12-24)32(38)35-26-13-6-2-7-14-26/h1,3-5,8-9,11-12,15-16,18-19,21,26,30H,2,6-7,10,13-14,17,20,22-23H2,(H,35,38). The van der Waals surface area contributed by atoms with Crippen LogP contribution in [0.15, 0.2) is 78.9 Å². The topological polar surface area (TPSA) is 58.6 Å². The molecule has 1 fully saturated rings. The normalized spacial score (nSPS) is 14.4. The molecule has 0 spiro atoms. The number of rotatable bonds is 12. The summed E-state index contributed by atoms with van der Waals surface area (Å²) in [5.74, 6) is 0.559. The van der Waals surface area contributed by atoms with Gasteiger partial charge in [0.15, 0.2) is 0 Å². The van der Waals surface area contributed by atoms with E-state index in [1.165, 1.54) is 6.42 Å². The lowest BCUT2D eigenvalue weighted by Crippen LogP contribution is -2.52. The van der Waals surface area contributed by atoms with E-state index < -0.39 is 6.04 Å². The van der Waals surface area contributed by atoms with Crippen molar-refractivity contribution in [3.05, 3.63) is 100 Å². The fraction of sp³-hybridized carbons (Fsp3) is 0.375. The first kappa shape index (κ1) is 29.0. The maximum absolute atomic E-state index is 13.8. The largest absolute Gasteiger partial charge is 0.494 e. The molecular weight excluding hydrogens is 531 g/mol. The minimum Gasteiger partial charge on any atom is -0.494 e. The van der Waals surface area contributed by atoms with Crippen molar-refractivity contribution in [3.63, 3.8) is 0 Å². The molecule has 39 heavy (non-hydrogen) atoms. The Balaban J connectivity index is 1.54. The first-order chi connectivity index (χ1) is 19.0. The smallest absolute Gasteiger partial charge is 0.243 e. The van der Waals surface area contributed by atoms with Gasteiger partial charge in [-0.1, -0.05) is 97.1 Å². The molecular formula is C32H36Cl2N2O3. The first-order valence-electron chi connectivity index (χ1n) is 13.7. The van der Waals surface area contributed by atoms with E-state index in [1.807, 2.05) is 66.7 Å². The Bertz CT molecular complexity index is 1200. The van der Waals surface area contributed by atoms with Crippen molar-refractivity contribution in [3.8, 4) is 5.75 Å². The van der Waals surface area contributed by atoms with Gasteiger partial charge in [-0.3, -0.25) is 9.59 Å². The summed E-state index contributed by atoms with van der Waals surface area (Å²) in [5.41, 5.74) is 1.82. The number of carbonyl (C=O) groups excluding carboxylic acids is 2. The Morgan fingerprint density at radius 2 is 1.56 bits per heavy atom. The SMILES string of the molecule is O=C(NC1CCCCC1)C(Cc1ccccc1)N(Cc1ccc(Cl)c(Cl)c1)C(=O)CCCOc1ccccc1. The van der Waals surface area contributed by atoms with Gasteiger partial charge in [0.1, 0.15) is 11.8 Å². The van der Waals surface area contributed by atoms with Crippen LogP contribution in [0.2, 0.25) is 10.0 Å². The summed E-state index contributed by atoms with van der Waals surface area (Å²) >= 11 is 12.5. The average Bonchev–Trinajstić information content (AvgIpc) is 2.96. The zero-order chi connectivity index (χ0) is 27.5. The van der Waals surface area contributed by atoms with Crippen molar-refractivity contribution >= 4 is 35.0 Å². The minimum atomic E-state index is -0.661. The van der Waals surface area contributed by atoms with Crippen molar-refractivity contribution in [1.82, 2.24) is 10.2 Å². The molecule has 7 heteroatoms. The number of hydrogen-bond acceptors (Lipinski definition) is 3. The summed E-state index contributed by atoms with van der Waals surface area (Å²) in [6.07, 6.45) is 6.59. The molecule has 3 aromatic rings. The molecule has 0 aromatic heterocycles. The van der Waals surface area contributed by atoms with E-state index in [9.17, 15) is 9.59 Å². The van der Waals surface area contributed by atoms with E-state index in [0.717, 1.165) is 42.6 Å². The third-order valence-electron chi connectivity index (χ3n) is 7.11. The maximum atomic E-state index is 13.8. The molecule has 0 heterocycles. The van der Waals surface area contributed by atoms with Crippen LogP contribution in [0.4, 0.5) is 0 Å². The summed E-state index contributed by atoms with van der Waals surface area (Å²) in [6, 6.07) is 24.2. The first-order valence-corrected chi connectivity index (χ1v) is 14.5. The van der Waals surface area contributed by atoms with Crippen LogP contribution in [0.5, 0.6) is 5.75 Å². The summed E-state index contributed by atoms with van der Waals surface area (Å²) < 4.78 is 5.81. The van der Waals surface area contributed by atoms with Gasteiger partial charge in [0.2, 0.25) is 11.8 Å². The fourth-order valence-electron chi connectivity index (χ4n) is 5.01. The monoisotopic (exact) mass is 566 g/mol. The van der Waals surface area contributed by atoms with Crippen molar-refractivity contribution in [2.24, 2.45) is 0 Å². The van der Waals surface area contributed by atoms with E-state index in [1.54, 1.807) is 17.0 Å². The number of benzene rings is 3. The van der Waals surface area contributed by atoms with Crippen LogP contribution in [-0.4, -0.2) is 35.4 Å². The number of nitrogens with zero attached hydrogens (tertiary/aromatic N) is 1. The van der Waals surface area contributed by atoms with E-state index in [4.69, 9.17) is 27.9 Å². The summed E-state index contributed by atoms with van der Waals surface area (Å²) in [7, 11) is 0. The molecule has 0 bridgehead atoms. The Hall–Kier alpha value is -3.02. The van der Waals surface area contributed by atoms with E-state index in [-0.39, 0.29) is 30.8 Å². The van der Waals surface area contributed by atoms with Gasteiger partial charge in [-0.05, 0) is 54.7 Å². The van der Waals surface area contributed by atoms with Gasteiger partial charge in [0.05, 0.1) is 16.7 Å². The van der Waals surface area contributed by atoms with E-state index >= 15 is 0 Å². The molecule has 1 saturated carbocycles. The van der Waals surface area contributed by atoms with Crippen LogP contribution in [0.3, 0.4) is 0 Å². The van der Waals surface area contributed by atoms with Gasteiger partial charge in [0, 0.05) is 25.4 Å².